The van der Waals surface area contributed by atoms with E-state index in [1.165, 1.54) is 24.6 Å². The molecule has 6 heteroatoms. The van der Waals surface area contributed by atoms with Crippen molar-refractivity contribution in [3.8, 4) is 0 Å². The van der Waals surface area contributed by atoms with Gasteiger partial charge < -0.3 is 5.32 Å². The molecule has 20 heavy (non-hydrogen) atoms. The van der Waals surface area contributed by atoms with Crippen LogP contribution in [-0.4, -0.2) is 27.4 Å². The van der Waals surface area contributed by atoms with Crippen LogP contribution >= 0.6 is 23.1 Å². The zero-order valence-corrected chi connectivity index (χ0v) is 14.2. The number of hydrogen-bond donors (Lipinski definition) is 1. The van der Waals surface area contributed by atoms with Gasteiger partial charge in [0.1, 0.15) is 5.01 Å². The van der Waals surface area contributed by atoms with Crippen molar-refractivity contribution in [1.82, 2.24) is 15.5 Å². The largest absolute Gasteiger partial charge is 0.352 e. The quantitative estimate of drug-likeness (QED) is 0.867. The molecule has 0 bridgehead atoms. The van der Waals surface area contributed by atoms with Gasteiger partial charge in [-0.05, 0) is 32.1 Å². The zero-order chi connectivity index (χ0) is 14.7. The van der Waals surface area contributed by atoms with Crippen molar-refractivity contribution in [2.24, 2.45) is 11.8 Å². The number of carbonyl (C=O) groups excluding carboxylic acids is 1. The van der Waals surface area contributed by atoms with Gasteiger partial charge in [-0.2, -0.15) is 0 Å². The van der Waals surface area contributed by atoms with Gasteiger partial charge in [0.25, 0.3) is 0 Å². The van der Waals surface area contributed by atoms with Crippen LogP contribution in [0, 0.1) is 18.8 Å². The molecule has 0 radical (unpaired) electrons. The predicted molar refractivity (Wildman–Crippen MR) is 84.1 cm³/mol. The van der Waals surface area contributed by atoms with Gasteiger partial charge in [0.15, 0.2) is 4.34 Å². The van der Waals surface area contributed by atoms with Crippen LogP contribution in [0.2, 0.25) is 0 Å². The summed E-state index contributed by atoms with van der Waals surface area (Å²) in [4.78, 5) is 12.3. The average molecular weight is 313 g/mol. The van der Waals surface area contributed by atoms with Gasteiger partial charge >= 0.3 is 0 Å². The zero-order valence-electron chi connectivity index (χ0n) is 12.5. The maximum absolute atomic E-state index is 12.3. The van der Waals surface area contributed by atoms with Crippen LogP contribution < -0.4 is 5.32 Å². The number of aromatic nitrogens is 2. The van der Waals surface area contributed by atoms with Crippen LogP contribution in [-0.2, 0) is 4.79 Å². The van der Waals surface area contributed by atoms with Crippen molar-refractivity contribution < 1.29 is 4.79 Å². The molecule has 1 aliphatic carbocycles. The summed E-state index contributed by atoms with van der Waals surface area (Å²) in [6, 6.07) is 0.324. The van der Waals surface area contributed by atoms with Crippen molar-refractivity contribution in [2.45, 2.75) is 62.6 Å². The van der Waals surface area contributed by atoms with Gasteiger partial charge in [-0.3, -0.25) is 4.79 Å². The highest BCUT2D eigenvalue weighted by molar-refractivity contribution is 8.02. The first-order chi connectivity index (χ1) is 9.47. The summed E-state index contributed by atoms with van der Waals surface area (Å²) in [6.45, 7) is 8.40. The molecule has 2 rings (SSSR count). The maximum Gasteiger partial charge on any atom is 0.233 e. The van der Waals surface area contributed by atoms with Crippen molar-refractivity contribution in [3.05, 3.63) is 5.01 Å². The Bertz CT molecular complexity index is 463. The molecule has 1 aromatic rings. The van der Waals surface area contributed by atoms with Gasteiger partial charge in [-0.25, -0.2) is 0 Å². The molecule has 0 aromatic carbocycles. The molecule has 1 amide bonds. The SMILES string of the molecule is Cc1nnc(S[C@H](C)C(=O)N[C@H]2CCC[C@H](C)[C@@H]2C)s1. The van der Waals surface area contributed by atoms with Crippen LogP contribution in [0.4, 0.5) is 0 Å². The second-order valence-corrected chi connectivity index (χ2v) is 8.50. The summed E-state index contributed by atoms with van der Waals surface area (Å²) in [6.07, 6.45) is 3.60. The summed E-state index contributed by atoms with van der Waals surface area (Å²) in [7, 11) is 0. The lowest BCUT2D eigenvalue weighted by Gasteiger charge is -2.35. The van der Waals surface area contributed by atoms with Crippen LogP contribution in [0.3, 0.4) is 0 Å². The first-order valence-corrected chi connectivity index (χ1v) is 8.94. The Labute approximate surface area is 129 Å². The topological polar surface area (TPSA) is 54.9 Å². The van der Waals surface area contributed by atoms with E-state index in [1.807, 2.05) is 13.8 Å². The molecular weight excluding hydrogens is 290 g/mol. The number of aryl methyl sites for hydroxylation is 1. The second kappa shape index (κ2) is 6.89. The van der Waals surface area contributed by atoms with Crippen LogP contribution in [0.25, 0.3) is 0 Å². The summed E-state index contributed by atoms with van der Waals surface area (Å²) >= 11 is 3.04. The highest BCUT2D eigenvalue weighted by Crippen LogP contribution is 2.30. The molecule has 1 saturated carbocycles. The van der Waals surface area contributed by atoms with Gasteiger partial charge in [0, 0.05) is 6.04 Å². The molecule has 1 aliphatic rings. The normalized spacial score (nSPS) is 28.1. The summed E-state index contributed by atoms with van der Waals surface area (Å²) in [5.41, 5.74) is 0. The molecule has 1 heterocycles. The third-order valence-corrected chi connectivity index (χ3v) is 6.21. The van der Waals surface area contributed by atoms with Crippen molar-refractivity contribution >= 4 is 29.0 Å². The summed E-state index contributed by atoms with van der Waals surface area (Å²) < 4.78 is 0.871. The Hall–Kier alpha value is -0.620. The number of thioether (sulfide) groups is 1. The number of hydrogen-bond acceptors (Lipinski definition) is 5. The van der Waals surface area contributed by atoms with Gasteiger partial charge in [-0.15, -0.1) is 10.2 Å². The van der Waals surface area contributed by atoms with Crippen LogP contribution in [0.15, 0.2) is 4.34 Å². The Kier molecular flexibility index (Phi) is 5.43. The van der Waals surface area contributed by atoms with E-state index in [9.17, 15) is 4.79 Å². The number of nitrogens with one attached hydrogen (secondary N) is 1. The predicted octanol–water partition coefficient (Wildman–Crippen LogP) is 3.27. The van der Waals surface area contributed by atoms with Gasteiger partial charge in [0.05, 0.1) is 5.25 Å². The molecule has 0 aliphatic heterocycles. The molecular formula is C14H23N3OS2. The lowest BCUT2D eigenvalue weighted by atomic mass is 9.78. The molecule has 1 aromatic heterocycles. The Morgan fingerprint density at radius 3 is 2.80 bits per heavy atom. The lowest BCUT2D eigenvalue weighted by Crippen LogP contribution is -2.46. The van der Waals surface area contributed by atoms with E-state index in [2.05, 4.69) is 29.4 Å². The van der Waals surface area contributed by atoms with Crippen molar-refractivity contribution in [3.63, 3.8) is 0 Å². The fourth-order valence-electron chi connectivity index (χ4n) is 2.62. The minimum absolute atomic E-state index is 0.119. The Morgan fingerprint density at radius 1 is 1.40 bits per heavy atom. The van der Waals surface area contributed by atoms with Gasteiger partial charge in [-0.1, -0.05) is 49.8 Å². The van der Waals surface area contributed by atoms with E-state index < -0.39 is 0 Å². The first kappa shape index (κ1) is 15.8. The minimum atomic E-state index is -0.119. The number of rotatable bonds is 4. The summed E-state index contributed by atoms with van der Waals surface area (Å²) in [5.74, 6) is 1.38. The van der Waals surface area contributed by atoms with Crippen molar-refractivity contribution in [2.75, 3.05) is 0 Å². The Balaban J connectivity index is 1.87. The molecule has 112 valence electrons. The third-order valence-electron chi connectivity index (χ3n) is 4.19. The lowest BCUT2D eigenvalue weighted by molar-refractivity contribution is -0.121. The van der Waals surface area contributed by atoms with Crippen molar-refractivity contribution in [1.29, 1.82) is 0 Å². The Morgan fingerprint density at radius 2 is 2.15 bits per heavy atom. The highest BCUT2D eigenvalue weighted by Gasteiger charge is 2.29. The first-order valence-electron chi connectivity index (χ1n) is 7.24. The van der Waals surface area contributed by atoms with E-state index in [0.29, 0.717) is 17.9 Å². The monoisotopic (exact) mass is 313 g/mol. The van der Waals surface area contributed by atoms with E-state index in [1.54, 1.807) is 11.3 Å². The fourth-order valence-corrected chi connectivity index (χ4v) is 4.59. The number of carbonyl (C=O) groups is 1. The fraction of sp³-hybridized carbons (Fsp3) is 0.786. The van der Waals surface area contributed by atoms with E-state index in [4.69, 9.17) is 0 Å². The maximum atomic E-state index is 12.3. The average Bonchev–Trinajstić information content (AvgIpc) is 2.80. The van der Waals surface area contributed by atoms with E-state index >= 15 is 0 Å². The molecule has 4 nitrogen and oxygen atoms in total. The smallest absolute Gasteiger partial charge is 0.233 e. The van der Waals surface area contributed by atoms with E-state index in [0.717, 1.165) is 15.8 Å². The minimum Gasteiger partial charge on any atom is -0.352 e. The standard InChI is InChI=1S/C14H23N3OS2/c1-8-6-5-7-12(9(8)2)15-13(18)10(3)19-14-17-16-11(4)20-14/h8-10,12H,5-7H2,1-4H3,(H,15,18)/t8-,9-,10+,12-/m0/s1. The molecule has 0 saturated heterocycles. The highest BCUT2D eigenvalue weighted by atomic mass is 32.2. The molecule has 0 unspecified atom stereocenters. The van der Waals surface area contributed by atoms with Gasteiger partial charge in [0.2, 0.25) is 5.91 Å². The molecule has 1 fully saturated rings. The summed E-state index contributed by atoms with van der Waals surface area (Å²) in [5, 5.41) is 12.1. The van der Waals surface area contributed by atoms with Crippen LogP contribution in [0.1, 0.15) is 45.0 Å². The van der Waals surface area contributed by atoms with Crippen LogP contribution in [0.5, 0.6) is 0 Å². The molecule has 4 atom stereocenters. The number of nitrogens with zero attached hydrogens (tertiary/aromatic N) is 2. The third kappa shape index (κ3) is 3.95. The molecule has 0 spiro atoms. The second-order valence-electron chi connectivity index (χ2n) is 5.73. The molecule has 1 N–H and O–H groups in total. The van der Waals surface area contributed by atoms with E-state index in [-0.39, 0.29) is 11.2 Å². The number of amides is 1.